The maximum atomic E-state index is 5.04. The average Bonchev–Trinajstić information content (AvgIpc) is 2.47. The number of hydrogen-bond donors (Lipinski definition) is 1. The molecule has 0 fully saturated rings. The highest BCUT2D eigenvalue weighted by Crippen LogP contribution is 2.13. The summed E-state index contributed by atoms with van der Waals surface area (Å²) >= 11 is 0. The lowest BCUT2D eigenvalue weighted by molar-refractivity contribution is 0.397. The average molecular weight is 256 g/mol. The molecule has 100 valence electrons. The summed E-state index contributed by atoms with van der Waals surface area (Å²) in [6.07, 6.45) is 4.16. The van der Waals surface area contributed by atoms with Crippen LogP contribution in [0.25, 0.3) is 0 Å². The van der Waals surface area contributed by atoms with E-state index in [0.717, 1.165) is 24.2 Å². The van der Waals surface area contributed by atoms with E-state index in [1.165, 1.54) is 12.0 Å². The van der Waals surface area contributed by atoms with Gasteiger partial charge in [-0.1, -0.05) is 31.5 Å². The Hall–Kier alpha value is -2.03. The molecule has 0 aliphatic rings. The lowest BCUT2D eigenvalue weighted by Gasteiger charge is -2.07. The second-order valence-corrected chi connectivity index (χ2v) is 4.51. The molecule has 19 heavy (non-hydrogen) atoms. The Morgan fingerprint density at radius 1 is 1.05 bits per heavy atom. The van der Waals surface area contributed by atoms with Crippen LogP contribution in [0.3, 0.4) is 0 Å². The summed E-state index contributed by atoms with van der Waals surface area (Å²) in [7, 11) is 1.62. The Bertz CT molecular complexity index is 491. The number of ether oxygens (including phenoxy) is 1. The first-order chi connectivity index (χ1) is 9.31. The number of nitrogens with one attached hydrogen (secondary N) is 1. The molecule has 2 rings (SSSR count). The molecule has 1 aromatic carbocycles. The molecule has 0 atom stereocenters. The first-order valence-corrected chi connectivity index (χ1v) is 6.63. The summed E-state index contributed by atoms with van der Waals surface area (Å²) in [6.45, 7) is 2.97. The number of anilines is 1. The van der Waals surface area contributed by atoms with E-state index in [0.29, 0.717) is 5.88 Å². The van der Waals surface area contributed by atoms with Crippen LogP contribution in [-0.2, 0) is 13.0 Å². The van der Waals surface area contributed by atoms with Crippen LogP contribution in [-0.4, -0.2) is 12.1 Å². The molecule has 1 heterocycles. The molecule has 0 amide bonds. The monoisotopic (exact) mass is 256 g/mol. The smallest absolute Gasteiger partial charge is 0.212 e. The molecule has 0 spiro atoms. The van der Waals surface area contributed by atoms with Crippen LogP contribution >= 0.6 is 0 Å². The third-order valence-corrected chi connectivity index (χ3v) is 3.00. The highest BCUT2D eigenvalue weighted by molar-refractivity contribution is 5.45. The van der Waals surface area contributed by atoms with Crippen molar-refractivity contribution >= 4 is 5.69 Å². The van der Waals surface area contributed by atoms with Crippen molar-refractivity contribution in [3.8, 4) is 5.88 Å². The lowest BCUT2D eigenvalue weighted by atomic mass is 10.1. The van der Waals surface area contributed by atoms with Crippen LogP contribution in [0.2, 0.25) is 0 Å². The third-order valence-electron chi connectivity index (χ3n) is 3.00. The normalized spacial score (nSPS) is 10.2. The Kier molecular flexibility index (Phi) is 4.78. The number of pyridine rings is 1. The molecule has 1 aromatic heterocycles. The molecule has 0 aliphatic heterocycles. The van der Waals surface area contributed by atoms with Crippen molar-refractivity contribution in [3.63, 3.8) is 0 Å². The van der Waals surface area contributed by atoms with E-state index in [9.17, 15) is 0 Å². The summed E-state index contributed by atoms with van der Waals surface area (Å²) in [5.74, 6) is 0.646. The fourth-order valence-corrected chi connectivity index (χ4v) is 1.92. The Morgan fingerprint density at radius 3 is 2.37 bits per heavy atom. The Labute approximate surface area is 114 Å². The number of aryl methyl sites for hydroxylation is 1. The number of benzene rings is 1. The van der Waals surface area contributed by atoms with Gasteiger partial charge >= 0.3 is 0 Å². The molecule has 0 saturated carbocycles. The molecular weight excluding hydrogens is 236 g/mol. The molecule has 0 radical (unpaired) electrons. The molecule has 0 unspecified atom stereocenters. The minimum atomic E-state index is 0.646. The first-order valence-electron chi connectivity index (χ1n) is 6.63. The molecule has 0 saturated heterocycles. The molecule has 3 heteroatoms. The highest BCUT2D eigenvalue weighted by atomic mass is 16.5. The predicted octanol–water partition coefficient (Wildman–Crippen LogP) is 3.65. The standard InChI is InChI=1S/C16H20N2O/c1-3-4-13-5-8-15(9-6-13)17-11-14-7-10-16(19-2)18-12-14/h5-10,12,17H,3-4,11H2,1-2H3. The fraction of sp³-hybridized carbons (Fsp3) is 0.312. The van der Waals surface area contributed by atoms with E-state index in [1.807, 2.05) is 18.3 Å². The Balaban J connectivity index is 1.90. The lowest BCUT2D eigenvalue weighted by Crippen LogP contribution is -2.00. The summed E-state index contributed by atoms with van der Waals surface area (Å²) in [5, 5.41) is 3.39. The number of hydrogen-bond acceptors (Lipinski definition) is 3. The summed E-state index contributed by atoms with van der Waals surface area (Å²) in [6, 6.07) is 12.5. The topological polar surface area (TPSA) is 34.1 Å². The van der Waals surface area contributed by atoms with Gasteiger partial charge in [-0.25, -0.2) is 4.98 Å². The van der Waals surface area contributed by atoms with Gasteiger partial charge in [-0.05, 0) is 29.7 Å². The van der Waals surface area contributed by atoms with Gasteiger partial charge in [-0.15, -0.1) is 0 Å². The highest BCUT2D eigenvalue weighted by Gasteiger charge is 1.97. The number of rotatable bonds is 6. The van der Waals surface area contributed by atoms with Gasteiger partial charge in [0, 0.05) is 24.5 Å². The molecular formula is C16H20N2O. The quantitative estimate of drug-likeness (QED) is 0.856. The number of aromatic nitrogens is 1. The maximum Gasteiger partial charge on any atom is 0.212 e. The zero-order chi connectivity index (χ0) is 13.5. The van der Waals surface area contributed by atoms with E-state index in [2.05, 4.69) is 41.5 Å². The zero-order valence-electron chi connectivity index (χ0n) is 11.5. The summed E-state index contributed by atoms with van der Waals surface area (Å²) < 4.78 is 5.04. The van der Waals surface area contributed by atoms with Crippen LogP contribution in [0.5, 0.6) is 5.88 Å². The molecule has 2 aromatic rings. The molecule has 1 N–H and O–H groups in total. The van der Waals surface area contributed by atoms with Crippen molar-refractivity contribution in [3.05, 3.63) is 53.7 Å². The van der Waals surface area contributed by atoms with E-state index < -0.39 is 0 Å². The molecule has 0 aliphatic carbocycles. The SMILES string of the molecule is CCCc1ccc(NCc2ccc(OC)nc2)cc1. The van der Waals surface area contributed by atoms with Gasteiger partial charge in [-0.2, -0.15) is 0 Å². The minimum Gasteiger partial charge on any atom is -0.481 e. The van der Waals surface area contributed by atoms with Crippen LogP contribution < -0.4 is 10.1 Å². The Morgan fingerprint density at radius 2 is 1.79 bits per heavy atom. The molecule has 0 bridgehead atoms. The van der Waals surface area contributed by atoms with Gasteiger partial charge in [0.05, 0.1) is 7.11 Å². The van der Waals surface area contributed by atoms with E-state index in [-0.39, 0.29) is 0 Å². The van der Waals surface area contributed by atoms with E-state index >= 15 is 0 Å². The van der Waals surface area contributed by atoms with Gasteiger partial charge in [0.1, 0.15) is 0 Å². The predicted molar refractivity (Wildman–Crippen MR) is 78.6 cm³/mol. The van der Waals surface area contributed by atoms with Crippen molar-refractivity contribution in [2.45, 2.75) is 26.3 Å². The summed E-state index contributed by atoms with van der Waals surface area (Å²) in [5.41, 5.74) is 3.66. The van der Waals surface area contributed by atoms with Crippen molar-refractivity contribution in [1.29, 1.82) is 0 Å². The second-order valence-electron chi connectivity index (χ2n) is 4.51. The third kappa shape index (κ3) is 3.98. The van der Waals surface area contributed by atoms with E-state index in [1.54, 1.807) is 7.11 Å². The van der Waals surface area contributed by atoms with Crippen molar-refractivity contribution in [1.82, 2.24) is 4.98 Å². The van der Waals surface area contributed by atoms with Crippen LogP contribution in [0, 0.1) is 0 Å². The van der Waals surface area contributed by atoms with Crippen molar-refractivity contribution < 1.29 is 4.74 Å². The number of nitrogens with zero attached hydrogens (tertiary/aromatic N) is 1. The maximum absolute atomic E-state index is 5.04. The van der Waals surface area contributed by atoms with E-state index in [4.69, 9.17) is 4.74 Å². The fourth-order valence-electron chi connectivity index (χ4n) is 1.92. The van der Waals surface area contributed by atoms with Crippen molar-refractivity contribution in [2.75, 3.05) is 12.4 Å². The van der Waals surface area contributed by atoms with Crippen LogP contribution in [0.4, 0.5) is 5.69 Å². The van der Waals surface area contributed by atoms with Gasteiger partial charge in [0.15, 0.2) is 0 Å². The largest absolute Gasteiger partial charge is 0.481 e. The van der Waals surface area contributed by atoms with Crippen molar-refractivity contribution in [2.24, 2.45) is 0 Å². The second kappa shape index (κ2) is 6.78. The van der Waals surface area contributed by atoms with Crippen LogP contribution in [0.1, 0.15) is 24.5 Å². The zero-order valence-corrected chi connectivity index (χ0v) is 11.5. The van der Waals surface area contributed by atoms with Gasteiger partial charge in [-0.3, -0.25) is 0 Å². The molecule has 3 nitrogen and oxygen atoms in total. The van der Waals surface area contributed by atoms with Gasteiger partial charge in [0.25, 0.3) is 0 Å². The first kappa shape index (κ1) is 13.4. The summed E-state index contributed by atoms with van der Waals surface area (Å²) in [4.78, 5) is 4.19. The van der Waals surface area contributed by atoms with Crippen LogP contribution in [0.15, 0.2) is 42.6 Å². The number of methoxy groups -OCH3 is 1. The van der Waals surface area contributed by atoms with Gasteiger partial charge in [0.2, 0.25) is 5.88 Å². The minimum absolute atomic E-state index is 0.646. The van der Waals surface area contributed by atoms with Gasteiger partial charge < -0.3 is 10.1 Å².